The van der Waals surface area contributed by atoms with E-state index in [-0.39, 0.29) is 10.9 Å². The van der Waals surface area contributed by atoms with Gasteiger partial charge >= 0.3 is 0 Å². The van der Waals surface area contributed by atoms with Crippen molar-refractivity contribution in [1.29, 1.82) is 0 Å². The molecular weight excluding hydrogens is 330 g/mol. The zero-order valence-corrected chi connectivity index (χ0v) is 13.8. The van der Waals surface area contributed by atoms with Crippen molar-refractivity contribution in [3.05, 3.63) is 28.2 Å². The van der Waals surface area contributed by atoms with Gasteiger partial charge in [-0.3, -0.25) is 0 Å². The number of nitrogens with one attached hydrogen (secondary N) is 1. The molecule has 0 spiro atoms. The Bertz CT molecular complexity index is 511. The van der Waals surface area contributed by atoms with Crippen molar-refractivity contribution in [1.82, 2.24) is 4.72 Å². The fourth-order valence-electron chi connectivity index (χ4n) is 1.80. The molecule has 0 fully saturated rings. The van der Waals surface area contributed by atoms with Gasteiger partial charge < -0.3 is 4.74 Å². The van der Waals surface area contributed by atoms with Gasteiger partial charge in [0.2, 0.25) is 10.0 Å². The van der Waals surface area contributed by atoms with Gasteiger partial charge in [0.05, 0.1) is 11.5 Å². The predicted octanol–water partition coefficient (Wildman–Crippen LogP) is 2.85. The minimum absolute atomic E-state index is 0.191. The predicted molar refractivity (Wildman–Crippen MR) is 79.8 cm³/mol. The highest BCUT2D eigenvalue weighted by molar-refractivity contribution is 9.10. The number of hydrogen-bond donors (Lipinski definition) is 1. The van der Waals surface area contributed by atoms with Crippen molar-refractivity contribution in [2.24, 2.45) is 0 Å². The van der Waals surface area contributed by atoms with Crippen LogP contribution in [-0.2, 0) is 14.8 Å². The molecule has 0 aromatic heterocycles. The summed E-state index contributed by atoms with van der Waals surface area (Å²) in [4.78, 5) is 0.283. The number of rotatable bonds is 7. The zero-order valence-electron chi connectivity index (χ0n) is 11.4. The summed E-state index contributed by atoms with van der Waals surface area (Å²) < 4.78 is 33.2. The maximum atomic E-state index is 12.3. The van der Waals surface area contributed by atoms with Gasteiger partial charge in [-0.2, -0.15) is 0 Å². The Morgan fingerprint density at radius 3 is 2.63 bits per heavy atom. The van der Waals surface area contributed by atoms with E-state index in [0.29, 0.717) is 6.61 Å². The van der Waals surface area contributed by atoms with Crippen molar-refractivity contribution in [2.75, 3.05) is 13.7 Å². The summed E-state index contributed by atoms with van der Waals surface area (Å²) in [6, 6.07) is 4.80. The van der Waals surface area contributed by atoms with Crippen LogP contribution in [0.4, 0.5) is 0 Å². The molecule has 0 saturated carbocycles. The third-order valence-electron chi connectivity index (χ3n) is 2.77. The summed E-state index contributed by atoms with van der Waals surface area (Å²) in [6.45, 7) is 4.26. The Morgan fingerprint density at radius 1 is 1.42 bits per heavy atom. The second-order valence-corrected chi connectivity index (χ2v) is 7.04. The first-order valence-electron chi connectivity index (χ1n) is 6.18. The summed E-state index contributed by atoms with van der Waals surface area (Å²) in [5, 5.41) is 0. The summed E-state index contributed by atoms with van der Waals surface area (Å²) >= 11 is 3.36. The second-order valence-electron chi connectivity index (χ2n) is 4.47. The van der Waals surface area contributed by atoms with E-state index in [1.54, 1.807) is 25.3 Å². The molecule has 0 aliphatic rings. The van der Waals surface area contributed by atoms with Gasteiger partial charge in [-0.15, -0.1) is 0 Å². The number of methoxy groups -OCH3 is 1. The van der Waals surface area contributed by atoms with Crippen LogP contribution in [-0.4, -0.2) is 28.2 Å². The molecule has 0 aliphatic carbocycles. The largest absolute Gasteiger partial charge is 0.383 e. The van der Waals surface area contributed by atoms with E-state index in [4.69, 9.17) is 4.74 Å². The highest BCUT2D eigenvalue weighted by Crippen LogP contribution is 2.20. The topological polar surface area (TPSA) is 55.4 Å². The number of hydrogen-bond acceptors (Lipinski definition) is 3. The van der Waals surface area contributed by atoms with Gasteiger partial charge in [0, 0.05) is 17.6 Å². The molecule has 4 nitrogen and oxygen atoms in total. The standard InChI is InChI=1S/C13H20BrNO3S/c1-4-5-11(9-18-3)15-19(16,17)12-6-7-13(14)10(2)8-12/h6-8,11,15H,4-5,9H2,1-3H3. The lowest BCUT2D eigenvalue weighted by Gasteiger charge is -2.17. The molecule has 1 aromatic rings. The van der Waals surface area contributed by atoms with E-state index in [2.05, 4.69) is 20.7 Å². The van der Waals surface area contributed by atoms with E-state index < -0.39 is 10.0 Å². The number of benzene rings is 1. The summed E-state index contributed by atoms with van der Waals surface area (Å²) in [6.07, 6.45) is 1.65. The molecule has 0 heterocycles. The van der Waals surface area contributed by atoms with Crippen LogP contribution < -0.4 is 4.72 Å². The van der Waals surface area contributed by atoms with Gasteiger partial charge in [0.15, 0.2) is 0 Å². The quantitative estimate of drug-likeness (QED) is 0.823. The average molecular weight is 350 g/mol. The summed E-state index contributed by atoms with van der Waals surface area (Å²) in [7, 11) is -1.92. The minimum atomic E-state index is -3.49. The molecule has 1 atom stereocenters. The number of ether oxygens (including phenoxy) is 1. The Labute approximate surface area is 123 Å². The maximum Gasteiger partial charge on any atom is 0.240 e. The number of sulfonamides is 1. The van der Waals surface area contributed by atoms with Crippen LogP contribution >= 0.6 is 15.9 Å². The number of aryl methyl sites for hydroxylation is 1. The van der Waals surface area contributed by atoms with Gasteiger partial charge in [0.1, 0.15) is 0 Å². The van der Waals surface area contributed by atoms with Crippen molar-refractivity contribution < 1.29 is 13.2 Å². The smallest absolute Gasteiger partial charge is 0.240 e. The third-order valence-corrected chi connectivity index (χ3v) is 5.17. The second kappa shape index (κ2) is 7.38. The molecular formula is C13H20BrNO3S. The highest BCUT2D eigenvalue weighted by atomic mass is 79.9. The van der Waals surface area contributed by atoms with Crippen molar-refractivity contribution >= 4 is 26.0 Å². The van der Waals surface area contributed by atoms with Crippen LogP contribution in [0.25, 0.3) is 0 Å². The van der Waals surface area contributed by atoms with Gasteiger partial charge in [-0.25, -0.2) is 13.1 Å². The van der Waals surface area contributed by atoms with E-state index in [0.717, 1.165) is 22.9 Å². The van der Waals surface area contributed by atoms with Gasteiger partial charge in [-0.05, 0) is 37.1 Å². The third kappa shape index (κ3) is 4.87. The van der Waals surface area contributed by atoms with Crippen LogP contribution in [0.15, 0.2) is 27.6 Å². The van der Waals surface area contributed by atoms with Gasteiger partial charge in [-0.1, -0.05) is 29.3 Å². The molecule has 1 rings (SSSR count). The fraction of sp³-hybridized carbons (Fsp3) is 0.538. The zero-order chi connectivity index (χ0) is 14.5. The minimum Gasteiger partial charge on any atom is -0.383 e. The van der Waals surface area contributed by atoms with Crippen LogP contribution in [0.3, 0.4) is 0 Å². The van der Waals surface area contributed by atoms with E-state index in [1.165, 1.54) is 0 Å². The summed E-state index contributed by atoms with van der Waals surface area (Å²) in [5.41, 5.74) is 0.890. The van der Waals surface area contributed by atoms with Gasteiger partial charge in [0.25, 0.3) is 0 Å². The number of halogens is 1. The highest BCUT2D eigenvalue weighted by Gasteiger charge is 2.20. The lowest BCUT2D eigenvalue weighted by Crippen LogP contribution is -2.37. The van der Waals surface area contributed by atoms with Crippen molar-refractivity contribution in [3.63, 3.8) is 0 Å². The molecule has 1 unspecified atom stereocenters. The fourth-order valence-corrected chi connectivity index (χ4v) is 3.38. The molecule has 0 bridgehead atoms. The lowest BCUT2D eigenvalue weighted by atomic mass is 10.2. The summed E-state index contributed by atoms with van der Waals surface area (Å²) in [5.74, 6) is 0. The molecule has 0 radical (unpaired) electrons. The van der Waals surface area contributed by atoms with Crippen LogP contribution in [0, 0.1) is 6.92 Å². The first-order chi connectivity index (χ1) is 8.90. The Morgan fingerprint density at radius 2 is 2.11 bits per heavy atom. The van der Waals surface area contributed by atoms with E-state index in [1.807, 2.05) is 13.8 Å². The molecule has 1 N–H and O–H groups in total. The molecule has 1 aromatic carbocycles. The van der Waals surface area contributed by atoms with Crippen LogP contribution in [0.1, 0.15) is 25.3 Å². The Hall–Kier alpha value is -0.430. The lowest BCUT2D eigenvalue weighted by molar-refractivity contribution is 0.171. The van der Waals surface area contributed by atoms with Crippen molar-refractivity contribution in [2.45, 2.75) is 37.6 Å². The average Bonchev–Trinajstić information content (AvgIpc) is 2.32. The van der Waals surface area contributed by atoms with Crippen LogP contribution in [0.5, 0.6) is 0 Å². The van der Waals surface area contributed by atoms with E-state index >= 15 is 0 Å². The maximum absolute atomic E-state index is 12.3. The monoisotopic (exact) mass is 349 g/mol. The molecule has 6 heteroatoms. The first-order valence-corrected chi connectivity index (χ1v) is 8.45. The Balaban J connectivity index is 2.92. The molecule has 19 heavy (non-hydrogen) atoms. The molecule has 0 saturated heterocycles. The normalized spacial score (nSPS) is 13.5. The SMILES string of the molecule is CCCC(COC)NS(=O)(=O)c1ccc(Br)c(C)c1. The van der Waals surface area contributed by atoms with Crippen molar-refractivity contribution in [3.8, 4) is 0 Å². The molecule has 0 amide bonds. The molecule has 0 aliphatic heterocycles. The molecule has 108 valence electrons. The van der Waals surface area contributed by atoms with Crippen LogP contribution in [0.2, 0.25) is 0 Å². The Kier molecular flexibility index (Phi) is 6.46. The first kappa shape index (κ1) is 16.6. The van der Waals surface area contributed by atoms with E-state index in [9.17, 15) is 8.42 Å².